The molecule has 1 aliphatic rings. The van der Waals surface area contributed by atoms with Gasteiger partial charge < -0.3 is 14.2 Å². The van der Waals surface area contributed by atoms with Crippen LogP contribution in [0, 0.1) is 5.82 Å². The number of hydrogen-bond acceptors (Lipinski definition) is 6. The first-order chi connectivity index (χ1) is 12.6. The number of anilines is 1. The highest BCUT2D eigenvalue weighted by molar-refractivity contribution is 6.00. The number of benzene rings is 1. The molecule has 4 rings (SSSR count). The van der Waals surface area contributed by atoms with E-state index in [2.05, 4.69) is 10.1 Å². The summed E-state index contributed by atoms with van der Waals surface area (Å²) in [5.74, 6) is -0.571. The molecule has 26 heavy (non-hydrogen) atoms. The van der Waals surface area contributed by atoms with Crippen LogP contribution in [-0.2, 0) is 4.74 Å². The van der Waals surface area contributed by atoms with Gasteiger partial charge in [0.15, 0.2) is 12.1 Å². The van der Waals surface area contributed by atoms with E-state index >= 15 is 4.39 Å². The minimum Gasteiger partial charge on any atom is -0.372 e. The maximum atomic E-state index is 15.3. The molecule has 0 bridgehead atoms. The van der Waals surface area contributed by atoms with Gasteiger partial charge in [0.1, 0.15) is 5.69 Å². The maximum Gasteiger partial charge on any atom is 0.205 e. The number of carbonyl (C=O) groups is 1. The van der Waals surface area contributed by atoms with Crippen LogP contribution in [0.3, 0.4) is 0 Å². The lowest BCUT2D eigenvalue weighted by atomic mass is 10.0. The number of fused-ring (bicyclic) bond motifs is 1. The molecule has 1 saturated heterocycles. The highest BCUT2D eigenvalue weighted by Crippen LogP contribution is 2.36. The maximum absolute atomic E-state index is 15.3. The Morgan fingerprint density at radius 2 is 1.92 bits per heavy atom. The third-order valence-corrected chi connectivity index (χ3v) is 4.53. The van der Waals surface area contributed by atoms with Gasteiger partial charge in [0, 0.05) is 36.6 Å². The molecule has 0 N–H and O–H groups in total. The molecule has 2 atom stereocenters. The van der Waals surface area contributed by atoms with E-state index in [9.17, 15) is 4.79 Å². The Balaban J connectivity index is 1.88. The number of halogens is 1. The van der Waals surface area contributed by atoms with E-state index in [0.717, 1.165) is 5.56 Å². The molecule has 0 amide bonds. The van der Waals surface area contributed by atoms with Crippen LogP contribution in [0.4, 0.5) is 10.1 Å². The van der Waals surface area contributed by atoms with Gasteiger partial charge in [0.05, 0.1) is 23.3 Å². The summed E-state index contributed by atoms with van der Waals surface area (Å²) in [6, 6.07) is 5.15. The average Bonchev–Trinajstić information content (AvgIpc) is 3.05. The number of nitrogens with zero attached hydrogens (tertiary/aromatic N) is 3. The lowest BCUT2D eigenvalue weighted by Gasteiger charge is -2.37. The van der Waals surface area contributed by atoms with E-state index in [1.165, 1.54) is 0 Å². The lowest BCUT2D eigenvalue weighted by Crippen LogP contribution is -2.46. The van der Waals surface area contributed by atoms with Crippen molar-refractivity contribution in [3.63, 3.8) is 0 Å². The van der Waals surface area contributed by atoms with E-state index in [4.69, 9.17) is 9.26 Å². The van der Waals surface area contributed by atoms with Crippen LogP contribution in [-0.4, -0.2) is 41.7 Å². The third kappa shape index (κ3) is 2.74. The van der Waals surface area contributed by atoms with Crippen LogP contribution in [0.1, 0.15) is 24.2 Å². The summed E-state index contributed by atoms with van der Waals surface area (Å²) in [5.41, 5.74) is 1.79. The van der Waals surface area contributed by atoms with Crippen LogP contribution >= 0.6 is 0 Å². The van der Waals surface area contributed by atoms with Gasteiger partial charge in [0.2, 0.25) is 5.58 Å². The van der Waals surface area contributed by atoms with E-state index in [-0.39, 0.29) is 29.0 Å². The summed E-state index contributed by atoms with van der Waals surface area (Å²) in [6.45, 7) is 4.85. The van der Waals surface area contributed by atoms with Crippen molar-refractivity contribution < 1.29 is 18.4 Å². The van der Waals surface area contributed by atoms with Crippen LogP contribution in [0.2, 0.25) is 0 Å². The monoisotopic (exact) mass is 355 g/mol. The molecule has 1 fully saturated rings. The number of hydrogen-bond donors (Lipinski definition) is 0. The molecule has 1 aliphatic heterocycles. The van der Waals surface area contributed by atoms with Crippen molar-refractivity contribution in [1.29, 1.82) is 0 Å². The number of aldehydes is 1. The zero-order chi connectivity index (χ0) is 18.3. The van der Waals surface area contributed by atoms with Gasteiger partial charge in [-0.05, 0) is 32.0 Å². The van der Waals surface area contributed by atoms with Crippen LogP contribution in [0.15, 0.2) is 35.1 Å². The number of morpholine rings is 1. The lowest BCUT2D eigenvalue weighted by molar-refractivity contribution is -0.00543. The number of ether oxygens (including phenoxy) is 1. The van der Waals surface area contributed by atoms with Gasteiger partial charge in [-0.25, -0.2) is 4.39 Å². The summed E-state index contributed by atoms with van der Waals surface area (Å²) in [5, 5.41) is 4.48. The molecule has 0 spiro atoms. The summed E-state index contributed by atoms with van der Waals surface area (Å²) in [7, 11) is 0. The van der Waals surface area contributed by atoms with Crippen molar-refractivity contribution in [3.05, 3.63) is 42.0 Å². The summed E-state index contributed by atoms with van der Waals surface area (Å²) in [6.07, 6.45) is 3.80. The SMILES string of the molecule is C[C@@H]1CN(c2c(C=O)cc3c(-c4ccncc4)noc3c2F)C[C@H](C)O1. The van der Waals surface area contributed by atoms with Crippen molar-refractivity contribution in [2.75, 3.05) is 18.0 Å². The number of aromatic nitrogens is 2. The van der Waals surface area contributed by atoms with Crippen molar-refractivity contribution in [2.24, 2.45) is 0 Å². The molecule has 2 aromatic heterocycles. The Kier molecular flexibility index (Phi) is 4.16. The van der Waals surface area contributed by atoms with Crippen molar-refractivity contribution in [2.45, 2.75) is 26.1 Å². The summed E-state index contributed by atoms with van der Waals surface area (Å²) >= 11 is 0. The third-order valence-electron chi connectivity index (χ3n) is 4.53. The molecule has 6 nitrogen and oxygen atoms in total. The Bertz CT molecular complexity index is 948. The van der Waals surface area contributed by atoms with E-state index in [1.54, 1.807) is 30.6 Å². The second-order valence-corrected chi connectivity index (χ2v) is 6.55. The quantitative estimate of drug-likeness (QED) is 0.670. The number of pyridine rings is 1. The Hall–Kier alpha value is -2.80. The predicted octanol–water partition coefficient (Wildman–Crippen LogP) is 3.46. The number of rotatable bonds is 3. The molecular weight excluding hydrogens is 337 g/mol. The van der Waals surface area contributed by atoms with E-state index in [0.29, 0.717) is 30.5 Å². The van der Waals surface area contributed by atoms with E-state index in [1.807, 2.05) is 18.7 Å². The van der Waals surface area contributed by atoms with Gasteiger partial charge in [0.25, 0.3) is 0 Å². The number of carbonyl (C=O) groups excluding carboxylic acids is 1. The zero-order valence-electron chi connectivity index (χ0n) is 14.5. The average molecular weight is 355 g/mol. The molecular formula is C19H18FN3O3. The smallest absolute Gasteiger partial charge is 0.205 e. The van der Waals surface area contributed by atoms with Gasteiger partial charge in [-0.2, -0.15) is 0 Å². The minimum absolute atomic E-state index is 0.0456. The Morgan fingerprint density at radius 3 is 2.58 bits per heavy atom. The first-order valence-electron chi connectivity index (χ1n) is 8.46. The molecule has 3 aromatic rings. The molecule has 0 radical (unpaired) electrons. The zero-order valence-corrected chi connectivity index (χ0v) is 14.5. The van der Waals surface area contributed by atoms with Gasteiger partial charge >= 0.3 is 0 Å². The topological polar surface area (TPSA) is 68.5 Å². The minimum atomic E-state index is -0.571. The van der Waals surface area contributed by atoms with Crippen LogP contribution in [0.25, 0.3) is 22.2 Å². The molecule has 134 valence electrons. The molecule has 0 saturated carbocycles. The van der Waals surface area contributed by atoms with Gasteiger partial charge in [-0.15, -0.1) is 0 Å². The predicted molar refractivity (Wildman–Crippen MR) is 94.8 cm³/mol. The molecule has 0 aliphatic carbocycles. The second kappa shape index (κ2) is 6.49. The standard InChI is InChI=1S/C19H18FN3O3/c1-11-8-23(9-12(2)25-11)18-14(10-24)7-15-17(13-3-5-21-6-4-13)22-26-19(15)16(18)20/h3-7,10-12H,8-9H2,1-2H3/t11-,12+. The molecule has 3 heterocycles. The second-order valence-electron chi connectivity index (χ2n) is 6.55. The van der Waals surface area contributed by atoms with Crippen LogP contribution in [0.5, 0.6) is 0 Å². The highest BCUT2D eigenvalue weighted by atomic mass is 19.1. The largest absolute Gasteiger partial charge is 0.372 e. The summed E-state index contributed by atoms with van der Waals surface area (Å²) < 4.78 is 26.3. The fourth-order valence-corrected chi connectivity index (χ4v) is 3.54. The van der Waals surface area contributed by atoms with E-state index < -0.39 is 5.82 Å². The molecule has 0 unspecified atom stereocenters. The normalized spacial score (nSPS) is 20.5. The Labute approximate surface area is 149 Å². The van der Waals surface area contributed by atoms with Gasteiger partial charge in [-0.3, -0.25) is 9.78 Å². The highest BCUT2D eigenvalue weighted by Gasteiger charge is 2.29. The van der Waals surface area contributed by atoms with Crippen molar-refractivity contribution in [3.8, 4) is 11.3 Å². The van der Waals surface area contributed by atoms with Crippen molar-refractivity contribution >= 4 is 22.9 Å². The van der Waals surface area contributed by atoms with Crippen LogP contribution < -0.4 is 4.90 Å². The summed E-state index contributed by atoms with van der Waals surface area (Å²) in [4.78, 5) is 17.5. The first-order valence-corrected chi connectivity index (χ1v) is 8.46. The fraction of sp³-hybridized carbons (Fsp3) is 0.316. The fourth-order valence-electron chi connectivity index (χ4n) is 3.54. The molecule has 1 aromatic carbocycles. The Morgan fingerprint density at radius 1 is 1.23 bits per heavy atom. The van der Waals surface area contributed by atoms with Crippen molar-refractivity contribution in [1.82, 2.24) is 10.1 Å². The molecule has 7 heteroatoms. The first kappa shape index (κ1) is 16.7. The van der Waals surface area contributed by atoms with Gasteiger partial charge in [-0.1, -0.05) is 5.16 Å².